The van der Waals surface area contributed by atoms with Crippen molar-refractivity contribution in [2.75, 3.05) is 25.0 Å². The van der Waals surface area contributed by atoms with Gasteiger partial charge in [-0.05, 0) is 19.1 Å². The van der Waals surface area contributed by atoms with Crippen LogP contribution in [0.5, 0.6) is 0 Å². The first-order chi connectivity index (χ1) is 8.10. The number of thiocarbonyl (C=S) groups is 1. The van der Waals surface area contributed by atoms with Crippen LogP contribution in [-0.2, 0) is 4.79 Å². The Labute approximate surface area is 107 Å². The molecule has 1 amide bonds. The summed E-state index contributed by atoms with van der Waals surface area (Å²) in [5.74, 6) is -0.0374. The quantitative estimate of drug-likeness (QED) is 0.763. The summed E-state index contributed by atoms with van der Waals surface area (Å²) in [5, 5.41) is 2.60. The lowest BCUT2D eigenvalue weighted by molar-refractivity contribution is -0.119. The molecule has 0 heterocycles. The van der Waals surface area contributed by atoms with Gasteiger partial charge < -0.3 is 16.0 Å². The van der Waals surface area contributed by atoms with Crippen molar-refractivity contribution in [3.63, 3.8) is 0 Å². The Kier molecular flexibility index (Phi) is 4.90. The standard InChI is InChI=1S/C12H17N3OS/c1-3-15(8-11(16)14-2)10-7-5-4-6-9(10)12(13)17/h4-7H,3,8H2,1-2H3,(H2,13,17)(H,14,16). The van der Waals surface area contributed by atoms with Gasteiger partial charge >= 0.3 is 0 Å². The molecule has 0 spiro atoms. The van der Waals surface area contributed by atoms with E-state index in [0.29, 0.717) is 18.1 Å². The van der Waals surface area contributed by atoms with Gasteiger partial charge in [0.25, 0.3) is 0 Å². The molecule has 1 aromatic carbocycles. The largest absolute Gasteiger partial charge is 0.389 e. The summed E-state index contributed by atoms with van der Waals surface area (Å²) in [6.45, 7) is 3.00. The first kappa shape index (κ1) is 13.4. The van der Waals surface area contributed by atoms with Crippen molar-refractivity contribution >= 4 is 28.8 Å². The highest BCUT2D eigenvalue weighted by Crippen LogP contribution is 2.19. The normalized spacial score (nSPS) is 9.76. The molecule has 0 unspecified atom stereocenters. The van der Waals surface area contributed by atoms with Gasteiger partial charge in [-0.25, -0.2) is 0 Å². The van der Waals surface area contributed by atoms with E-state index >= 15 is 0 Å². The zero-order valence-electron chi connectivity index (χ0n) is 10.1. The van der Waals surface area contributed by atoms with E-state index in [9.17, 15) is 4.79 Å². The second-order valence-electron chi connectivity index (χ2n) is 3.57. The van der Waals surface area contributed by atoms with Crippen molar-refractivity contribution in [2.24, 2.45) is 5.73 Å². The van der Waals surface area contributed by atoms with Gasteiger partial charge in [0.2, 0.25) is 5.91 Å². The Bertz CT molecular complexity index is 420. The van der Waals surface area contributed by atoms with Gasteiger partial charge in [-0.3, -0.25) is 4.79 Å². The van der Waals surface area contributed by atoms with Crippen molar-refractivity contribution in [1.29, 1.82) is 0 Å². The molecule has 4 nitrogen and oxygen atoms in total. The first-order valence-electron chi connectivity index (χ1n) is 5.44. The molecule has 1 aromatic rings. The maximum atomic E-state index is 11.4. The minimum Gasteiger partial charge on any atom is -0.389 e. The van der Waals surface area contributed by atoms with Crippen LogP contribution >= 0.6 is 12.2 Å². The number of carbonyl (C=O) groups is 1. The number of hydrogen-bond acceptors (Lipinski definition) is 3. The van der Waals surface area contributed by atoms with Crippen LogP contribution in [0.2, 0.25) is 0 Å². The maximum Gasteiger partial charge on any atom is 0.239 e. The molecule has 92 valence electrons. The minimum absolute atomic E-state index is 0.0374. The van der Waals surface area contributed by atoms with Crippen molar-refractivity contribution in [3.8, 4) is 0 Å². The lowest BCUT2D eigenvalue weighted by atomic mass is 10.1. The molecule has 0 atom stereocenters. The molecule has 0 saturated carbocycles. The summed E-state index contributed by atoms with van der Waals surface area (Å²) in [5.41, 5.74) is 7.37. The highest BCUT2D eigenvalue weighted by Gasteiger charge is 2.13. The first-order valence-corrected chi connectivity index (χ1v) is 5.85. The van der Waals surface area contributed by atoms with Gasteiger partial charge in [0.05, 0.1) is 6.54 Å². The second-order valence-corrected chi connectivity index (χ2v) is 4.01. The maximum absolute atomic E-state index is 11.4. The summed E-state index contributed by atoms with van der Waals surface area (Å²) < 4.78 is 0. The van der Waals surface area contributed by atoms with Crippen molar-refractivity contribution in [3.05, 3.63) is 29.8 Å². The van der Waals surface area contributed by atoms with Crippen molar-refractivity contribution < 1.29 is 4.79 Å². The number of benzene rings is 1. The van der Waals surface area contributed by atoms with Crippen molar-refractivity contribution in [2.45, 2.75) is 6.92 Å². The van der Waals surface area contributed by atoms with Crippen LogP contribution in [0.1, 0.15) is 12.5 Å². The van der Waals surface area contributed by atoms with E-state index in [1.54, 1.807) is 7.05 Å². The lowest BCUT2D eigenvalue weighted by Crippen LogP contribution is -2.36. The van der Waals surface area contributed by atoms with Crippen LogP contribution in [0.3, 0.4) is 0 Å². The highest BCUT2D eigenvalue weighted by molar-refractivity contribution is 7.80. The number of para-hydroxylation sites is 1. The number of nitrogens with two attached hydrogens (primary N) is 1. The van der Waals surface area contributed by atoms with Gasteiger partial charge in [-0.1, -0.05) is 24.4 Å². The Balaban J connectivity index is 3.03. The van der Waals surface area contributed by atoms with Crippen LogP contribution in [-0.4, -0.2) is 31.0 Å². The monoisotopic (exact) mass is 251 g/mol. The topological polar surface area (TPSA) is 58.4 Å². The summed E-state index contributed by atoms with van der Waals surface area (Å²) in [6, 6.07) is 7.57. The van der Waals surface area contributed by atoms with E-state index < -0.39 is 0 Å². The average molecular weight is 251 g/mol. The van der Waals surface area contributed by atoms with E-state index in [-0.39, 0.29) is 5.91 Å². The molecule has 1 rings (SSSR count). The second kappa shape index (κ2) is 6.20. The van der Waals surface area contributed by atoms with E-state index in [1.807, 2.05) is 36.1 Å². The molecular formula is C12H17N3OS. The third-order valence-electron chi connectivity index (χ3n) is 2.51. The Morgan fingerprint density at radius 1 is 1.47 bits per heavy atom. The van der Waals surface area contributed by atoms with E-state index in [4.69, 9.17) is 18.0 Å². The predicted octanol–water partition coefficient (Wildman–Crippen LogP) is 0.893. The van der Waals surface area contributed by atoms with Crippen LogP contribution < -0.4 is 16.0 Å². The number of nitrogens with zero attached hydrogens (tertiary/aromatic N) is 1. The number of anilines is 1. The molecule has 0 aliphatic carbocycles. The zero-order valence-corrected chi connectivity index (χ0v) is 10.9. The lowest BCUT2D eigenvalue weighted by Gasteiger charge is -2.24. The van der Waals surface area contributed by atoms with Gasteiger partial charge in [0.15, 0.2) is 0 Å². The van der Waals surface area contributed by atoms with Gasteiger partial charge in [-0.2, -0.15) is 0 Å². The Hall–Kier alpha value is -1.62. The molecule has 0 aliphatic rings. The minimum atomic E-state index is -0.0374. The molecule has 0 saturated heterocycles. The molecule has 3 N–H and O–H groups in total. The zero-order chi connectivity index (χ0) is 12.8. The fourth-order valence-corrected chi connectivity index (χ4v) is 1.75. The third-order valence-corrected chi connectivity index (χ3v) is 2.73. The summed E-state index contributed by atoms with van der Waals surface area (Å²) in [4.78, 5) is 13.7. The number of rotatable bonds is 5. The van der Waals surface area contributed by atoms with E-state index in [0.717, 1.165) is 11.3 Å². The molecule has 0 radical (unpaired) electrons. The Morgan fingerprint density at radius 3 is 2.65 bits per heavy atom. The van der Waals surface area contributed by atoms with E-state index in [1.165, 1.54) is 0 Å². The van der Waals surface area contributed by atoms with Crippen LogP contribution in [0.15, 0.2) is 24.3 Å². The van der Waals surface area contributed by atoms with Crippen LogP contribution in [0.4, 0.5) is 5.69 Å². The van der Waals surface area contributed by atoms with Crippen LogP contribution in [0, 0.1) is 0 Å². The molecule has 0 aromatic heterocycles. The predicted molar refractivity (Wildman–Crippen MR) is 74.3 cm³/mol. The van der Waals surface area contributed by atoms with Crippen molar-refractivity contribution in [1.82, 2.24) is 5.32 Å². The number of amides is 1. The molecule has 0 fully saturated rings. The number of nitrogens with one attached hydrogen (secondary N) is 1. The van der Waals surface area contributed by atoms with Gasteiger partial charge in [0, 0.05) is 24.8 Å². The fraction of sp³-hybridized carbons (Fsp3) is 0.333. The number of carbonyl (C=O) groups excluding carboxylic acids is 1. The molecule has 5 heteroatoms. The number of likely N-dealkylation sites (N-methyl/N-ethyl adjacent to an activating group) is 2. The third kappa shape index (κ3) is 3.42. The smallest absolute Gasteiger partial charge is 0.239 e. The summed E-state index contributed by atoms with van der Waals surface area (Å²) >= 11 is 5.01. The SMILES string of the molecule is CCN(CC(=O)NC)c1ccccc1C(N)=S. The fourth-order valence-electron chi connectivity index (χ4n) is 1.58. The summed E-state index contributed by atoms with van der Waals surface area (Å²) in [7, 11) is 1.62. The number of hydrogen-bond donors (Lipinski definition) is 2. The van der Waals surface area contributed by atoms with Gasteiger partial charge in [0.1, 0.15) is 4.99 Å². The van der Waals surface area contributed by atoms with Crippen LogP contribution in [0.25, 0.3) is 0 Å². The van der Waals surface area contributed by atoms with E-state index in [2.05, 4.69) is 5.32 Å². The molecule has 0 aliphatic heterocycles. The molecule has 0 bridgehead atoms. The summed E-state index contributed by atoms with van der Waals surface area (Å²) in [6.07, 6.45) is 0. The molecule has 17 heavy (non-hydrogen) atoms. The Morgan fingerprint density at radius 2 is 2.12 bits per heavy atom. The highest BCUT2D eigenvalue weighted by atomic mass is 32.1. The average Bonchev–Trinajstić information content (AvgIpc) is 2.35. The van der Waals surface area contributed by atoms with Gasteiger partial charge in [-0.15, -0.1) is 0 Å². The molecular weight excluding hydrogens is 234 g/mol.